The quantitative estimate of drug-likeness (QED) is 0.508. The Morgan fingerprint density at radius 1 is 1.27 bits per heavy atom. The molecular formula is C22H25FN4O5S. The molecule has 0 spiro atoms. The molecule has 33 heavy (non-hydrogen) atoms. The first-order valence-corrected chi connectivity index (χ1v) is 12.3. The molecule has 0 unspecified atom stereocenters. The molecule has 9 nitrogen and oxygen atoms in total. The summed E-state index contributed by atoms with van der Waals surface area (Å²) in [5.74, 6) is -0.521. The molecule has 1 aliphatic heterocycles. The van der Waals surface area contributed by atoms with E-state index in [1.54, 1.807) is 19.1 Å². The van der Waals surface area contributed by atoms with E-state index >= 15 is 0 Å². The standard InChI is InChI=1S/C22H25FN4O5S/c1-14(16-4-5-19(23)20(10-16)32-13-15-2-3-15)26-33(30,31)9-7-17-11-18(6-8-24-17)27-12-21(28)25-22(27)29/h4-6,8,10-11,14-15,26H,2-3,7,9,12-13H2,1H3,(H,25,28,29)/t14-/m1/s1. The lowest BCUT2D eigenvalue weighted by Crippen LogP contribution is -2.30. The lowest BCUT2D eigenvalue weighted by atomic mass is 10.1. The second-order valence-electron chi connectivity index (χ2n) is 8.30. The molecule has 0 radical (unpaired) electrons. The van der Waals surface area contributed by atoms with Gasteiger partial charge in [-0.05, 0) is 55.5 Å². The van der Waals surface area contributed by atoms with Crippen LogP contribution in [0.15, 0.2) is 36.5 Å². The van der Waals surface area contributed by atoms with Gasteiger partial charge in [0.25, 0.3) is 0 Å². The van der Waals surface area contributed by atoms with Crippen LogP contribution in [-0.2, 0) is 21.2 Å². The Bertz CT molecular complexity index is 1170. The maximum Gasteiger partial charge on any atom is 0.329 e. The van der Waals surface area contributed by atoms with Crippen LogP contribution in [-0.4, -0.2) is 44.2 Å². The second-order valence-corrected chi connectivity index (χ2v) is 10.2. The van der Waals surface area contributed by atoms with Gasteiger partial charge in [0.05, 0.1) is 12.4 Å². The van der Waals surface area contributed by atoms with Crippen molar-refractivity contribution in [3.05, 3.63) is 53.6 Å². The first-order chi connectivity index (χ1) is 15.7. The number of hydrogen-bond acceptors (Lipinski definition) is 6. The Balaban J connectivity index is 1.36. The minimum Gasteiger partial charge on any atom is -0.490 e. The number of rotatable bonds is 10. The van der Waals surface area contributed by atoms with E-state index in [-0.39, 0.29) is 24.5 Å². The summed E-state index contributed by atoms with van der Waals surface area (Å²) >= 11 is 0. The first kappa shape index (κ1) is 23.1. The van der Waals surface area contributed by atoms with Gasteiger partial charge in [0.1, 0.15) is 6.54 Å². The van der Waals surface area contributed by atoms with Crippen molar-refractivity contribution in [3.8, 4) is 5.75 Å². The van der Waals surface area contributed by atoms with Crippen LogP contribution in [0, 0.1) is 11.7 Å². The highest BCUT2D eigenvalue weighted by Gasteiger charge is 2.28. The number of nitrogens with one attached hydrogen (secondary N) is 2. The molecule has 2 aromatic rings. The number of aryl methyl sites for hydroxylation is 1. The van der Waals surface area contributed by atoms with Crippen LogP contribution in [0.5, 0.6) is 5.75 Å². The smallest absolute Gasteiger partial charge is 0.329 e. The number of aromatic nitrogens is 1. The van der Waals surface area contributed by atoms with Crippen molar-refractivity contribution in [2.75, 3.05) is 23.8 Å². The number of sulfonamides is 1. The Hall–Kier alpha value is -3.05. The fourth-order valence-corrected chi connectivity index (χ4v) is 4.72. The summed E-state index contributed by atoms with van der Waals surface area (Å²) in [5, 5.41) is 2.19. The summed E-state index contributed by atoms with van der Waals surface area (Å²) in [6, 6.07) is 6.38. The summed E-state index contributed by atoms with van der Waals surface area (Å²) in [6.07, 6.45) is 3.74. The van der Waals surface area contributed by atoms with E-state index in [1.807, 2.05) is 0 Å². The van der Waals surface area contributed by atoms with Crippen molar-refractivity contribution in [3.63, 3.8) is 0 Å². The lowest BCUT2D eigenvalue weighted by Gasteiger charge is -2.17. The second kappa shape index (κ2) is 9.44. The molecule has 1 atom stereocenters. The predicted molar refractivity (Wildman–Crippen MR) is 119 cm³/mol. The maximum absolute atomic E-state index is 14.0. The molecule has 4 rings (SSSR count). The van der Waals surface area contributed by atoms with Crippen LogP contribution in [0.3, 0.4) is 0 Å². The molecule has 3 amide bonds. The van der Waals surface area contributed by atoms with E-state index in [9.17, 15) is 22.4 Å². The van der Waals surface area contributed by atoms with Crippen molar-refractivity contribution < 1.29 is 27.1 Å². The summed E-state index contributed by atoms with van der Waals surface area (Å²) in [7, 11) is -3.69. The third-order valence-corrected chi connectivity index (χ3v) is 6.97. The van der Waals surface area contributed by atoms with Crippen molar-refractivity contribution in [2.24, 2.45) is 5.92 Å². The zero-order valence-corrected chi connectivity index (χ0v) is 18.9. The van der Waals surface area contributed by atoms with Gasteiger partial charge in [-0.3, -0.25) is 20.0 Å². The number of carbonyl (C=O) groups is 2. The summed E-state index contributed by atoms with van der Waals surface area (Å²) in [6.45, 7) is 2.04. The molecule has 2 aliphatic rings. The molecule has 1 aromatic heterocycles. The van der Waals surface area contributed by atoms with Crippen molar-refractivity contribution >= 4 is 27.6 Å². The summed E-state index contributed by atoms with van der Waals surface area (Å²) < 4.78 is 47.4. The zero-order chi connectivity index (χ0) is 23.6. The average molecular weight is 477 g/mol. The van der Waals surface area contributed by atoms with Gasteiger partial charge in [0.2, 0.25) is 15.9 Å². The van der Waals surface area contributed by atoms with Crippen molar-refractivity contribution in [2.45, 2.75) is 32.2 Å². The Morgan fingerprint density at radius 2 is 2.06 bits per heavy atom. The molecule has 0 bridgehead atoms. The Morgan fingerprint density at radius 3 is 2.76 bits per heavy atom. The number of ether oxygens (including phenoxy) is 1. The third kappa shape index (κ3) is 6.05. The van der Waals surface area contributed by atoms with Crippen LogP contribution in [0.25, 0.3) is 0 Å². The van der Waals surface area contributed by atoms with Crippen molar-refractivity contribution in [1.29, 1.82) is 0 Å². The third-order valence-electron chi connectivity index (χ3n) is 5.52. The van der Waals surface area contributed by atoms with Gasteiger partial charge in [0, 0.05) is 30.0 Å². The number of imide groups is 1. The number of carbonyl (C=O) groups excluding carboxylic acids is 2. The van der Waals surface area contributed by atoms with Gasteiger partial charge >= 0.3 is 6.03 Å². The molecule has 1 aromatic carbocycles. The van der Waals surface area contributed by atoms with Gasteiger partial charge in [-0.25, -0.2) is 22.3 Å². The molecule has 11 heteroatoms. The average Bonchev–Trinajstić information content (AvgIpc) is 3.53. The van der Waals surface area contributed by atoms with E-state index in [0.717, 1.165) is 12.8 Å². The van der Waals surface area contributed by atoms with Crippen molar-refractivity contribution in [1.82, 2.24) is 15.0 Å². The van der Waals surface area contributed by atoms with Gasteiger partial charge in [-0.1, -0.05) is 6.07 Å². The van der Waals surface area contributed by atoms with Gasteiger partial charge in [-0.2, -0.15) is 0 Å². The highest BCUT2D eigenvalue weighted by molar-refractivity contribution is 7.89. The fraction of sp³-hybridized carbons (Fsp3) is 0.409. The number of amides is 3. The fourth-order valence-electron chi connectivity index (χ4n) is 3.45. The van der Waals surface area contributed by atoms with E-state index in [4.69, 9.17) is 4.74 Å². The Kier molecular flexibility index (Phi) is 6.61. The largest absolute Gasteiger partial charge is 0.490 e. The molecule has 1 saturated heterocycles. The Labute approximate surface area is 191 Å². The highest BCUT2D eigenvalue weighted by atomic mass is 32.2. The van der Waals surface area contributed by atoms with E-state index in [0.29, 0.717) is 29.5 Å². The zero-order valence-electron chi connectivity index (χ0n) is 18.1. The molecular weight excluding hydrogens is 451 g/mol. The molecule has 176 valence electrons. The number of urea groups is 1. The van der Waals surface area contributed by atoms with Crippen LogP contribution in [0.4, 0.5) is 14.9 Å². The van der Waals surface area contributed by atoms with Crippen LogP contribution in [0.2, 0.25) is 0 Å². The summed E-state index contributed by atoms with van der Waals surface area (Å²) in [4.78, 5) is 28.7. The van der Waals surface area contributed by atoms with E-state index in [1.165, 1.54) is 29.3 Å². The van der Waals surface area contributed by atoms with E-state index < -0.39 is 33.8 Å². The lowest BCUT2D eigenvalue weighted by molar-refractivity contribution is -0.117. The molecule has 2 fully saturated rings. The SMILES string of the molecule is C[C@@H](NS(=O)(=O)CCc1cc(N2CC(=O)NC2=O)ccn1)c1ccc(F)c(OCC2CC2)c1. The normalized spacial score (nSPS) is 17.2. The van der Waals surface area contributed by atoms with Gasteiger partial charge < -0.3 is 4.74 Å². The van der Waals surface area contributed by atoms with Crippen LogP contribution in [0.1, 0.15) is 37.1 Å². The minimum atomic E-state index is -3.69. The number of benzene rings is 1. The number of anilines is 1. The molecule has 2 N–H and O–H groups in total. The first-order valence-electron chi connectivity index (χ1n) is 10.7. The predicted octanol–water partition coefficient (Wildman–Crippen LogP) is 2.29. The van der Waals surface area contributed by atoms with Gasteiger partial charge in [-0.15, -0.1) is 0 Å². The number of pyridine rings is 1. The summed E-state index contributed by atoms with van der Waals surface area (Å²) in [5.41, 5.74) is 1.53. The molecule has 2 heterocycles. The monoisotopic (exact) mass is 476 g/mol. The molecule has 1 aliphatic carbocycles. The number of hydrogen-bond donors (Lipinski definition) is 2. The minimum absolute atomic E-state index is 0.0936. The number of nitrogens with zero attached hydrogens (tertiary/aromatic N) is 2. The highest BCUT2D eigenvalue weighted by Crippen LogP contribution is 2.31. The maximum atomic E-state index is 14.0. The van der Waals surface area contributed by atoms with Crippen LogP contribution < -0.4 is 19.7 Å². The van der Waals surface area contributed by atoms with Crippen LogP contribution >= 0.6 is 0 Å². The molecule has 1 saturated carbocycles. The van der Waals surface area contributed by atoms with E-state index in [2.05, 4.69) is 15.0 Å². The number of halogens is 1. The topological polar surface area (TPSA) is 118 Å². The van der Waals surface area contributed by atoms with Gasteiger partial charge in [0.15, 0.2) is 11.6 Å².